The SMILES string of the molecule is CN(CC1CCCN1C(O)CC#N)c1ccnc2[nH]ccc12. The number of nitriles is 1. The number of nitrogens with one attached hydrogen (secondary N) is 1. The monoisotopic (exact) mass is 299 g/mol. The molecule has 2 N–H and O–H groups in total. The summed E-state index contributed by atoms with van der Waals surface area (Å²) in [6, 6.07) is 6.37. The number of H-pyrrole nitrogens is 1. The van der Waals surface area contributed by atoms with Gasteiger partial charge >= 0.3 is 0 Å². The molecule has 1 aliphatic rings. The minimum atomic E-state index is -0.657. The van der Waals surface area contributed by atoms with Gasteiger partial charge in [-0.15, -0.1) is 0 Å². The van der Waals surface area contributed by atoms with E-state index >= 15 is 0 Å². The molecule has 0 amide bonds. The number of anilines is 1. The van der Waals surface area contributed by atoms with E-state index in [2.05, 4.69) is 32.9 Å². The van der Waals surface area contributed by atoms with Gasteiger partial charge in [-0.2, -0.15) is 5.26 Å². The van der Waals surface area contributed by atoms with E-state index < -0.39 is 6.23 Å². The summed E-state index contributed by atoms with van der Waals surface area (Å²) in [5, 5.41) is 20.0. The number of aliphatic hydroxyl groups excluding tert-OH is 1. The highest BCUT2D eigenvalue weighted by Gasteiger charge is 2.30. The van der Waals surface area contributed by atoms with E-state index in [0.717, 1.165) is 42.7 Å². The molecule has 6 nitrogen and oxygen atoms in total. The maximum atomic E-state index is 10.1. The van der Waals surface area contributed by atoms with E-state index in [4.69, 9.17) is 5.26 Å². The van der Waals surface area contributed by atoms with Crippen molar-refractivity contribution in [3.63, 3.8) is 0 Å². The number of aliphatic hydroxyl groups is 1. The Bertz CT molecular complexity index is 676. The van der Waals surface area contributed by atoms with Crippen molar-refractivity contribution in [3.05, 3.63) is 24.5 Å². The number of rotatable bonds is 5. The van der Waals surface area contributed by atoms with Crippen LogP contribution in [0.25, 0.3) is 11.0 Å². The number of likely N-dealkylation sites (tertiary alicyclic amines) is 1. The highest BCUT2D eigenvalue weighted by atomic mass is 16.3. The smallest absolute Gasteiger partial charge is 0.139 e. The van der Waals surface area contributed by atoms with Crippen molar-refractivity contribution < 1.29 is 5.11 Å². The van der Waals surface area contributed by atoms with Crippen LogP contribution in [-0.2, 0) is 0 Å². The normalized spacial score (nSPS) is 20.1. The molecule has 3 rings (SSSR count). The summed E-state index contributed by atoms with van der Waals surface area (Å²) in [4.78, 5) is 11.7. The van der Waals surface area contributed by atoms with Crippen molar-refractivity contribution in [2.75, 3.05) is 25.0 Å². The van der Waals surface area contributed by atoms with Crippen LogP contribution in [0.4, 0.5) is 5.69 Å². The summed E-state index contributed by atoms with van der Waals surface area (Å²) in [5.41, 5.74) is 2.02. The van der Waals surface area contributed by atoms with Crippen LogP contribution in [-0.4, -0.2) is 52.4 Å². The van der Waals surface area contributed by atoms with Crippen LogP contribution < -0.4 is 4.90 Å². The zero-order valence-corrected chi connectivity index (χ0v) is 12.7. The van der Waals surface area contributed by atoms with Crippen molar-refractivity contribution in [3.8, 4) is 6.07 Å². The summed E-state index contributed by atoms with van der Waals surface area (Å²) < 4.78 is 0. The highest BCUT2D eigenvalue weighted by Crippen LogP contribution is 2.27. The summed E-state index contributed by atoms with van der Waals surface area (Å²) in [6.07, 6.45) is 5.33. The Kier molecular flexibility index (Phi) is 4.27. The van der Waals surface area contributed by atoms with E-state index in [0.29, 0.717) is 0 Å². The number of hydrogen-bond donors (Lipinski definition) is 2. The fourth-order valence-electron chi connectivity index (χ4n) is 3.34. The van der Waals surface area contributed by atoms with Gasteiger partial charge in [-0.25, -0.2) is 4.98 Å². The van der Waals surface area contributed by atoms with Crippen LogP contribution >= 0.6 is 0 Å². The van der Waals surface area contributed by atoms with Crippen molar-refractivity contribution in [2.45, 2.75) is 31.5 Å². The lowest BCUT2D eigenvalue weighted by Gasteiger charge is -2.32. The molecule has 0 bridgehead atoms. The third-order valence-electron chi connectivity index (χ3n) is 4.41. The first-order valence-electron chi connectivity index (χ1n) is 7.64. The standard InChI is InChI=1S/C16H21N5O/c1-20(14-6-9-19-16-13(14)5-8-18-16)11-12-3-2-10-21(12)15(22)4-7-17/h5-6,8-9,12,15,22H,2-4,10-11H2,1H3,(H,18,19). The minimum absolute atomic E-state index is 0.164. The molecule has 3 heterocycles. The zero-order valence-electron chi connectivity index (χ0n) is 12.7. The Morgan fingerprint density at radius 2 is 2.45 bits per heavy atom. The van der Waals surface area contributed by atoms with E-state index in [1.54, 1.807) is 0 Å². The molecule has 1 saturated heterocycles. The Hall–Kier alpha value is -2.10. The molecule has 6 heteroatoms. The van der Waals surface area contributed by atoms with Gasteiger partial charge in [0.15, 0.2) is 0 Å². The Balaban J connectivity index is 1.75. The molecule has 0 aromatic carbocycles. The maximum absolute atomic E-state index is 10.1. The van der Waals surface area contributed by atoms with Crippen LogP contribution in [0.5, 0.6) is 0 Å². The highest BCUT2D eigenvalue weighted by molar-refractivity contribution is 5.89. The lowest BCUT2D eigenvalue weighted by atomic mass is 10.1. The predicted octanol–water partition coefficient (Wildman–Crippen LogP) is 1.70. The Morgan fingerprint density at radius 3 is 3.27 bits per heavy atom. The van der Waals surface area contributed by atoms with E-state index in [-0.39, 0.29) is 12.5 Å². The number of likely N-dealkylation sites (N-methyl/N-ethyl adjacent to an activating group) is 1. The largest absolute Gasteiger partial charge is 0.377 e. The first-order valence-corrected chi connectivity index (χ1v) is 7.64. The van der Waals surface area contributed by atoms with Gasteiger partial charge in [0.25, 0.3) is 0 Å². The molecule has 1 aliphatic heterocycles. The molecule has 116 valence electrons. The lowest BCUT2D eigenvalue weighted by Crippen LogP contribution is -2.44. The van der Waals surface area contributed by atoms with Crippen molar-refractivity contribution in [1.82, 2.24) is 14.9 Å². The number of fused-ring (bicyclic) bond motifs is 1. The van der Waals surface area contributed by atoms with E-state index in [1.807, 2.05) is 24.5 Å². The number of aromatic nitrogens is 2. The average Bonchev–Trinajstić information content (AvgIpc) is 3.15. The molecular formula is C16H21N5O. The lowest BCUT2D eigenvalue weighted by molar-refractivity contribution is 0.000873. The number of aromatic amines is 1. The van der Waals surface area contributed by atoms with Gasteiger partial charge in [0.1, 0.15) is 11.9 Å². The van der Waals surface area contributed by atoms with Crippen molar-refractivity contribution in [1.29, 1.82) is 5.26 Å². The number of pyridine rings is 1. The number of hydrogen-bond acceptors (Lipinski definition) is 5. The second-order valence-corrected chi connectivity index (χ2v) is 5.83. The first-order chi connectivity index (χ1) is 10.7. The molecule has 2 aromatic heterocycles. The summed E-state index contributed by atoms with van der Waals surface area (Å²) in [7, 11) is 2.06. The van der Waals surface area contributed by atoms with Crippen LogP contribution in [0, 0.1) is 11.3 Å². The molecule has 2 unspecified atom stereocenters. The molecular weight excluding hydrogens is 278 g/mol. The topological polar surface area (TPSA) is 79.2 Å². The Labute approximate surface area is 130 Å². The van der Waals surface area contributed by atoms with Crippen LogP contribution in [0.2, 0.25) is 0 Å². The van der Waals surface area contributed by atoms with Gasteiger partial charge in [-0.3, -0.25) is 4.90 Å². The quantitative estimate of drug-likeness (QED) is 0.878. The van der Waals surface area contributed by atoms with Gasteiger partial charge < -0.3 is 15.0 Å². The van der Waals surface area contributed by atoms with Gasteiger partial charge in [-0.05, 0) is 25.0 Å². The van der Waals surface area contributed by atoms with Crippen LogP contribution in [0.1, 0.15) is 19.3 Å². The van der Waals surface area contributed by atoms with E-state index in [9.17, 15) is 5.11 Å². The third-order valence-corrected chi connectivity index (χ3v) is 4.41. The summed E-state index contributed by atoms with van der Waals surface area (Å²) in [5.74, 6) is 0. The van der Waals surface area contributed by atoms with Gasteiger partial charge in [0, 0.05) is 49.6 Å². The maximum Gasteiger partial charge on any atom is 0.139 e. The Morgan fingerprint density at radius 1 is 1.59 bits per heavy atom. The zero-order chi connectivity index (χ0) is 15.5. The van der Waals surface area contributed by atoms with Gasteiger partial charge in [0.2, 0.25) is 0 Å². The van der Waals surface area contributed by atoms with Gasteiger partial charge in [0.05, 0.1) is 12.5 Å². The molecule has 22 heavy (non-hydrogen) atoms. The average molecular weight is 299 g/mol. The second-order valence-electron chi connectivity index (χ2n) is 5.83. The van der Waals surface area contributed by atoms with Crippen LogP contribution in [0.15, 0.2) is 24.5 Å². The summed E-state index contributed by atoms with van der Waals surface area (Å²) >= 11 is 0. The molecule has 1 fully saturated rings. The molecule has 2 atom stereocenters. The first kappa shape index (κ1) is 14.8. The minimum Gasteiger partial charge on any atom is -0.377 e. The fourth-order valence-corrected chi connectivity index (χ4v) is 3.34. The summed E-state index contributed by atoms with van der Waals surface area (Å²) in [6.45, 7) is 1.68. The van der Waals surface area contributed by atoms with Crippen LogP contribution in [0.3, 0.4) is 0 Å². The van der Waals surface area contributed by atoms with Crippen molar-refractivity contribution in [2.24, 2.45) is 0 Å². The third kappa shape index (κ3) is 2.78. The van der Waals surface area contributed by atoms with Crippen molar-refractivity contribution >= 4 is 16.7 Å². The number of nitrogens with zero attached hydrogens (tertiary/aromatic N) is 4. The molecule has 0 spiro atoms. The van der Waals surface area contributed by atoms with E-state index in [1.165, 1.54) is 0 Å². The molecule has 0 aliphatic carbocycles. The molecule has 0 radical (unpaired) electrons. The molecule has 2 aromatic rings. The molecule has 0 saturated carbocycles. The predicted molar refractivity (Wildman–Crippen MR) is 85.3 cm³/mol. The van der Waals surface area contributed by atoms with Gasteiger partial charge in [-0.1, -0.05) is 0 Å². The second kappa shape index (κ2) is 6.34. The fraction of sp³-hybridized carbons (Fsp3) is 0.500.